The molecule has 1 atom stereocenters. The standard InChI is InChI=1S/C17H23F2NO2S/c1-13(8-14-2-3-15(18)16(19)9-14)10-20-6-4-17(5-7-20)11-23(21,22)12-17/h2-3,9,13H,4-8,10-12H2,1H3/t13-/m0/s1. The lowest BCUT2D eigenvalue weighted by molar-refractivity contribution is 0.113. The van der Waals surface area contributed by atoms with Crippen LogP contribution in [0, 0.1) is 23.0 Å². The molecule has 0 radical (unpaired) electrons. The maximum absolute atomic E-state index is 13.2. The van der Waals surface area contributed by atoms with Gasteiger partial charge >= 0.3 is 0 Å². The Morgan fingerprint density at radius 3 is 2.39 bits per heavy atom. The third kappa shape index (κ3) is 3.91. The second-order valence-corrected chi connectivity index (χ2v) is 9.46. The van der Waals surface area contributed by atoms with Crippen LogP contribution in [-0.2, 0) is 16.3 Å². The highest BCUT2D eigenvalue weighted by molar-refractivity contribution is 7.92. The summed E-state index contributed by atoms with van der Waals surface area (Å²) in [5.74, 6) is -0.533. The number of likely N-dealkylation sites (tertiary alicyclic amines) is 1. The van der Waals surface area contributed by atoms with Crippen molar-refractivity contribution in [3.8, 4) is 0 Å². The van der Waals surface area contributed by atoms with Crippen LogP contribution in [0.3, 0.4) is 0 Å². The van der Waals surface area contributed by atoms with Crippen LogP contribution in [0.5, 0.6) is 0 Å². The van der Waals surface area contributed by atoms with E-state index in [1.807, 2.05) is 0 Å². The summed E-state index contributed by atoms with van der Waals surface area (Å²) in [4.78, 5) is 2.36. The van der Waals surface area contributed by atoms with Gasteiger partial charge in [-0.3, -0.25) is 0 Å². The van der Waals surface area contributed by atoms with Gasteiger partial charge in [0.05, 0.1) is 11.5 Å². The Labute approximate surface area is 136 Å². The Bertz CT molecular complexity index is 668. The van der Waals surface area contributed by atoms with Gasteiger partial charge in [0, 0.05) is 12.0 Å². The van der Waals surface area contributed by atoms with Crippen LogP contribution in [0.1, 0.15) is 25.3 Å². The first-order valence-corrected chi connectivity index (χ1v) is 9.96. The quantitative estimate of drug-likeness (QED) is 0.843. The molecule has 128 valence electrons. The van der Waals surface area contributed by atoms with Crippen LogP contribution >= 0.6 is 0 Å². The van der Waals surface area contributed by atoms with Gasteiger partial charge in [-0.1, -0.05) is 13.0 Å². The summed E-state index contributed by atoms with van der Waals surface area (Å²) in [5, 5.41) is 0. The lowest BCUT2D eigenvalue weighted by Gasteiger charge is -2.47. The number of sulfone groups is 1. The van der Waals surface area contributed by atoms with Crippen molar-refractivity contribution in [3.05, 3.63) is 35.4 Å². The van der Waals surface area contributed by atoms with Gasteiger partial charge in [0.15, 0.2) is 21.5 Å². The highest BCUT2D eigenvalue weighted by Gasteiger charge is 2.49. The zero-order valence-corrected chi connectivity index (χ0v) is 14.2. The molecule has 0 saturated carbocycles. The molecule has 0 amide bonds. The molecule has 1 aromatic rings. The Balaban J connectivity index is 1.48. The lowest BCUT2D eigenvalue weighted by atomic mass is 9.81. The van der Waals surface area contributed by atoms with Crippen molar-refractivity contribution >= 4 is 9.84 Å². The zero-order valence-electron chi connectivity index (χ0n) is 13.4. The Morgan fingerprint density at radius 2 is 1.83 bits per heavy atom. The van der Waals surface area contributed by atoms with Crippen LogP contribution in [-0.4, -0.2) is 44.5 Å². The molecule has 0 unspecified atom stereocenters. The van der Waals surface area contributed by atoms with Crippen LogP contribution in [0.2, 0.25) is 0 Å². The normalized spacial score (nSPS) is 24.3. The van der Waals surface area contributed by atoms with Gasteiger partial charge in [0.1, 0.15) is 0 Å². The number of benzene rings is 1. The smallest absolute Gasteiger partial charge is 0.159 e. The zero-order chi connectivity index (χ0) is 16.7. The molecular formula is C17H23F2NO2S. The van der Waals surface area contributed by atoms with E-state index in [4.69, 9.17) is 0 Å². The van der Waals surface area contributed by atoms with E-state index in [2.05, 4.69) is 11.8 Å². The summed E-state index contributed by atoms with van der Waals surface area (Å²) in [5.41, 5.74) is 0.855. The van der Waals surface area contributed by atoms with E-state index in [0.29, 0.717) is 23.8 Å². The van der Waals surface area contributed by atoms with E-state index < -0.39 is 21.5 Å². The van der Waals surface area contributed by atoms with E-state index in [1.165, 1.54) is 12.1 Å². The van der Waals surface area contributed by atoms with Gasteiger partial charge in [-0.15, -0.1) is 0 Å². The van der Waals surface area contributed by atoms with E-state index in [-0.39, 0.29) is 5.41 Å². The predicted molar refractivity (Wildman–Crippen MR) is 86.0 cm³/mol. The monoisotopic (exact) mass is 343 g/mol. The van der Waals surface area contributed by atoms with E-state index in [1.54, 1.807) is 6.07 Å². The van der Waals surface area contributed by atoms with Crippen molar-refractivity contribution < 1.29 is 17.2 Å². The van der Waals surface area contributed by atoms with Crippen molar-refractivity contribution in [2.24, 2.45) is 11.3 Å². The molecule has 0 aromatic heterocycles. The third-order valence-electron chi connectivity index (χ3n) is 5.11. The van der Waals surface area contributed by atoms with E-state index in [9.17, 15) is 17.2 Å². The summed E-state index contributed by atoms with van der Waals surface area (Å²) in [6.07, 6.45) is 2.61. The topological polar surface area (TPSA) is 37.4 Å². The largest absolute Gasteiger partial charge is 0.303 e. The van der Waals surface area contributed by atoms with Crippen molar-refractivity contribution in [2.45, 2.75) is 26.2 Å². The first-order valence-electron chi connectivity index (χ1n) is 8.14. The van der Waals surface area contributed by atoms with Gasteiger partial charge < -0.3 is 4.90 Å². The third-order valence-corrected chi connectivity index (χ3v) is 7.21. The molecule has 0 N–H and O–H groups in total. The minimum Gasteiger partial charge on any atom is -0.303 e. The molecule has 0 bridgehead atoms. The second-order valence-electron chi connectivity index (χ2n) is 7.39. The average molecular weight is 343 g/mol. The molecule has 2 heterocycles. The van der Waals surface area contributed by atoms with Crippen molar-refractivity contribution in [1.29, 1.82) is 0 Å². The molecule has 2 fully saturated rings. The molecule has 3 rings (SSSR count). The predicted octanol–water partition coefficient (Wildman–Crippen LogP) is 2.65. The molecule has 23 heavy (non-hydrogen) atoms. The first kappa shape index (κ1) is 16.8. The SMILES string of the molecule is C[C@@H](Cc1ccc(F)c(F)c1)CN1CCC2(CC1)CS(=O)(=O)C2. The molecule has 6 heteroatoms. The highest BCUT2D eigenvalue weighted by atomic mass is 32.2. The van der Waals surface area contributed by atoms with Crippen LogP contribution < -0.4 is 0 Å². The minimum atomic E-state index is -2.76. The second kappa shape index (κ2) is 6.13. The van der Waals surface area contributed by atoms with Crippen LogP contribution in [0.4, 0.5) is 8.78 Å². The maximum Gasteiger partial charge on any atom is 0.159 e. The summed E-state index contributed by atoms with van der Waals surface area (Å²) < 4.78 is 49.0. The maximum atomic E-state index is 13.2. The molecule has 2 aliphatic heterocycles. The van der Waals surface area contributed by atoms with Crippen molar-refractivity contribution in [1.82, 2.24) is 4.90 Å². The molecule has 3 nitrogen and oxygen atoms in total. The summed E-state index contributed by atoms with van der Waals surface area (Å²) in [7, 11) is -2.76. The molecule has 0 aliphatic carbocycles. The molecular weight excluding hydrogens is 320 g/mol. The number of hydrogen-bond donors (Lipinski definition) is 0. The average Bonchev–Trinajstić information content (AvgIpc) is 2.43. The van der Waals surface area contributed by atoms with Crippen LogP contribution in [0.15, 0.2) is 18.2 Å². The van der Waals surface area contributed by atoms with E-state index in [0.717, 1.165) is 38.0 Å². The van der Waals surface area contributed by atoms with Crippen LogP contribution in [0.25, 0.3) is 0 Å². The van der Waals surface area contributed by atoms with Crippen molar-refractivity contribution in [3.63, 3.8) is 0 Å². The first-order chi connectivity index (χ1) is 10.8. The van der Waals surface area contributed by atoms with Gasteiger partial charge in [-0.2, -0.15) is 0 Å². The number of rotatable bonds is 4. The molecule has 1 aromatic carbocycles. The highest BCUT2D eigenvalue weighted by Crippen LogP contribution is 2.42. The lowest BCUT2D eigenvalue weighted by Crippen LogP contribution is -2.55. The Morgan fingerprint density at radius 1 is 1.17 bits per heavy atom. The van der Waals surface area contributed by atoms with Gasteiger partial charge in [-0.25, -0.2) is 17.2 Å². The molecule has 2 aliphatic rings. The summed E-state index contributed by atoms with van der Waals surface area (Å²) in [6, 6.07) is 4.09. The fraction of sp³-hybridized carbons (Fsp3) is 0.647. The number of hydrogen-bond acceptors (Lipinski definition) is 3. The fourth-order valence-corrected chi connectivity index (χ4v) is 6.32. The minimum absolute atomic E-state index is 0.0403. The number of halogens is 2. The van der Waals surface area contributed by atoms with Gasteiger partial charge in [0.25, 0.3) is 0 Å². The summed E-state index contributed by atoms with van der Waals surface area (Å²) in [6.45, 7) is 4.87. The number of piperidine rings is 1. The van der Waals surface area contributed by atoms with E-state index >= 15 is 0 Å². The number of nitrogens with zero attached hydrogens (tertiary/aromatic N) is 1. The molecule has 2 saturated heterocycles. The molecule has 1 spiro atoms. The van der Waals surface area contributed by atoms with Crippen molar-refractivity contribution in [2.75, 3.05) is 31.1 Å². The Kier molecular flexibility index (Phi) is 4.49. The summed E-state index contributed by atoms with van der Waals surface area (Å²) >= 11 is 0. The van der Waals surface area contributed by atoms with Gasteiger partial charge in [0.2, 0.25) is 0 Å². The Hall–Kier alpha value is -1.01. The fourth-order valence-electron chi connectivity index (χ4n) is 3.96. The van der Waals surface area contributed by atoms with Gasteiger partial charge in [-0.05, 0) is 56.0 Å².